The minimum atomic E-state index is -1.34. The third kappa shape index (κ3) is 8.18. The first kappa shape index (κ1) is 28.4. The van der Waals surface area contributed by atoms with Gasteiger partial charge in [0.2, 0.25) is 0 Å². The Labute approximate surface area is 219 Å². The topological polar surface area (TPSA) is 91.4 Å². The summed E-state index contributed by atoms with van der Waals surface area (Å²) in [5.41, 5.74) is -0.597. The molecule has 0 spiro atoms. The Morgan fingerprint density at radius 2 is 1.51 bits per heavy atom. The molecule has 1 aliphatic heterocycles. The van der Waals surface area contributed by atoms with Crippen LogP contribution in [-0.4, -0.2) is 59.6 Å². The van der Waals surface area contributed by atoms with Crippen LogP contribution in [0.2, 0.25) is 0 Å². The fourth-order valence-corrected chi connectivity index (χ4v) is 4.33. The molecule has 1 aliphatic rings. The van der Waals surface area contributed by atoms with Crippen molar-refractivity contribution in [2.24, 2.45) is 5.92 Å². The van der Waals surface area contributed by atoms with Crippen molar-refractivity contribution in [3.63, 3.8) is 0 Å². The fraction of sp³-hybridized carbons (Fsp3) is 0.552. The number of rotatable bonds is 3. The van der Waals surface area contributed by atoms with Crippen molar-refractivity contribution in [2.45, 2.75) is 84.7 Å². The van der Waals surface area contributed by atoms with Crippen LogP contribution in [0.25, 0.3) is 10.8 Å². The molecule has 1 saturated heterocycles. The second-order valence-electron chi connectivity index (χ2n) is 11.6. The lowest BCUT2D eigenvalue weighted by Gasteiger charge is -2.32. The van der Waals surface area contributed by atoms with Gasteiger partial charge in [0, 0.05) is 6.61 Å². The highest BCUT2D eigenvalue weighted by Gasteiger charge is 2.42. The number of hydrogen-bond donors (Lipinski definition) is 0. The number of nitrogens with zero attached hydrogens (tertiary/aromatic N) is 1. The monoisotopic (exact) mass is 513 g/mol. The highest BCUT2D eigenvalue weighted by molar-refractivity contribution is 5.94. The van der Waals surface area contributed by atoms with Gasteiger partial charge in [0.05, 0.1) is 12.7 Å². The lowest BCUT2D eigenvalue weighted by atomic mass is 9.92. The van der Waals surface area contributed by atoms with Crippen LogP contribution in [0.15, 0.2) is 42.5 Å². The summed E-state index contributed by atoms with van der Waals surface area (Å²) in [6.07, 6.45) is -1.13. The molecule has 202 valence electrons. The molecule has 1 heterocycles. The van der Waals surface area contributed by atoms with E-state index in [0.29, 0.717) is 17.9 Å². The van der Waals surface area contributed by atoms with Crippen LogP contribution in [0.4, 0.5) is 9.59 Å². The molecule has 0 aliphatic carbocycles. The van der Waals surface area contributed by atoms with E-state index >= 15 is 0 Å². The molecule has 2 unspecified atom stereocenters. The SMILES string of the molecule is CC1CC(Cc2cccc3ccccc23)COC[C@H](N(C(=O)OC(C)(C)C)C(=O)OC(C)(C)C)C(=O)O1. The molecule has 3 rings (SSSR count). The Hall–Kier alpha value is -3.13. The summed E-state index contributed by atoms with van der Waals surface area (Å²) in [4.78, 5) is 40.0. The lowest BCUT2D eigenvalue weighted by Crippen LogP contribution is -2.54. The summed E-state index contributed by atoms with van der Waals surface area (Å²) in [5, 5.41) is 2.34. The van der Waals surface area contributed by atoms with Crippen molar-refractivity contribution in [1.82, 2.24) is 4.90 Å². The maximum Gasteiger partial charge on any atom is 0.420 e. The van der Waals surface area contributed by atoms with Crippen LogP contribution in [0, 0.1) is 5.92 Å². The predicted molar refractivity (Wildman–Crippen MR) is 140 cm³/mol. The number of esters is 1. The van der Waals surface area contributed by atoms with E-state index in [2.05, 4.69) is 24.3 Å². The van der Waals surface area contributed by atoms with E-state index < -0.39 is 41.5 Å². The van der Waals surface area contributed by atoms with E-state index in [-0.39, 0.29) is 12.5 Å². The number of cyclic esters (lactones) is 1. The lowest BCUT2D eigenvalue weighted by molar-refractivity contribution is -0.155. The Morgan fingerprint density at radius 3 is 2.14 bits per heavy atom. The molecule has 2 aromatic carbocycles. The van der Waals surface area contributed by atoms with Crippen LogP contribution >= 0.6 is 0 Å². The van der Waals surface area contributed by atoms with Gasteiger partial charge in [0.1, 0.15) is 11.2 Å². The van der Waals surface area contributed by atoms with Crippen molar-refractivity contribution in [3.8, 4) is 0 Å². The number of benzene rings is 2. The molecule has 0 N–H and O–H groups in total. The molecular weight excluding hydrogens is 474 g/mol. The molecule has 3 atom stereocenters. The molecule has 2 amide bonds. The molecule has 0 radical (unpaired) electrons. The summed E-state index contributed by atoms with van der Waals surface area (Å²) in [6, 6.07) is 13.1. The van der Waals surface area contributed by atoms with Crippen LogP contribution in [0.1, 0.15) is 60.5 Å². The van der Waals surface area contributed by atoms with Crippen molar-refractivity contribution < 1.29 is 33.3 Å². The van der Waals surface area contributed by atoms with Crippen molar-refractivity contribution >= 4 is 28.9 Å². The van der Waals surface area contributed by atoms with Crippen LogP contribution in [0.3, 0.4) is 0 Å². The first-order valence-corrected chi connectivity index (χ1v) is 12.7. The number of fused-ring (bicyclic) bond motifs is 1. The van der Waals surface area contributed by atoms with E-state index in [1.165, 1.54) is 10.9 Å². The van der Waals surface area contributed by atoms with E-state index in [1.807, 2.05) is 25.1 Å². The molecule has 8 heteroatoms. The van der Waals surface area contributed by atoms with Gasteiger partial charge in [-0.05, 0) is 83.6 Å². The number of amides is 2. The third-order valence-corrected chi connectivity index (χ3v) is 5.76. The highest BCUT2D eigenvalue weighted by atomic mass is 16.6. The largest absolute Gasteiger partial charge is 0.461 e. The normalized spacial score (nSPS) is 21.3. The van der Waals surface area contributed by atoms with Crippen LogP contribution < -0.4 is 0 Å². The van der Waals surface area contributed by atoms with Gasteiger partial charge in [-0.1, -0.05) is 42.5 Å². The van der Waals surface area contributed by atoms with Gasteiger partial charge in [-0.2, -0.15) is 4.90 Å². The van der Waals surface area contributed by atoms with Crippen LogP contribution in [-0.2, 0) is 30.2 Å². The van der Waals surface area contributed by atoms with Gasteiger partial charge >= 0.3 is 18.2 Å². The number of hydrogen-bond acceptors (Lipinski definition) is 7. The van der Waals surface area contributed by atoms with Gasteiger partial charge in [0.25, 0.3) is 0 Å². The summed E-state index contributed by atoms with van der Waals surface area (Å²) in [7, 11) is 0. The summed E-state index contributed by atoms with van der Waals surface area (Å²) in [6.45, 7) is 12.0. The average molecular weight is 514 g/mol. The van der Waals surface area contributed by atoms with Gasteiger partial charge in [-0.25, -0.2) is 14.4 Å². The van der Waals surface area contributed by atoms with Gasteiger partial charge in [-0.3, -0.25) is 0 Å². The smallest absolute Gasteiger partial charge is 0.420 e. The van der Waals surface area contributed by atoms with E-state index in [0.717, 1.165) is 11.8 Å². The Kier molecular flexibility index (Phi) is 8.84. The molecule has 0 aromatic heterocycles. The second-order valence-corrected chi connectivity index (χ2v) is 11.6. The van der Waals surface area contributed by atoms with E-state index in [1.54, 1.807) is 41.5 Å². The minimum absolute atomic E-state index is 0.0591. The zero-order chi connectivity index (χ0) is 27.4. The van der Waals surface area contributed by atoms with Gasteiger partial charge in [0.15, 0.2) is 6.04 Å². The van der Waals surface area contributed by atoms with Crippen molar-refractivity contribution in [3.05, 3.63) is 48.0 Å². The van der Waals surface area contributed by atoms with E-state index in [9.17, 15) is 14.4 Å². The van der Waals surface area contributed by atoms with Crippen molar-refractivity contribution in [1.29, 1.82) is 0 Å². The quantitative estimate of drug-likeness (QED) is 0.373. The fourth-order valence-electron chi connectivity index (χ4n) is 4.33. The molecule has 1 fully saturated rings. The molecule has 37 heavy (non-hydrogen) atoms. The van der Waals surface area contributed by atoms with Gasteiger partial charge in [-0.15, -0.1) is 0 Å². The molecule has 8 nitrogen and oxygen atoms in total. The Bertz CT molecular complexity index is 1080. The van der Waals surface area contributed by atoms with Crippen molar-refractivity contribution in [2.75, 3.05) is 13.2 Å². The third-order valence-electron chi connectivity index (χ3n) is 5.76. The highest BCUT2D eigenvalue weighted by Crippen LogP contribution is 2.26. The molecule has 0 saturated carbocycles. The zero-order valence-corrected chi connectivity index (χ0v) is 22.9. The minimum Gasteiger partial charge on any atom is -0.461 e. The summed E-state index contributed by atoms with van der Waals surface area (Å²) in [5.74, 6) is -0.682. The predicted octanol–water partition coefficient (Wildman–Crippen LogP) is 5.89. The second kappa shape index (κ2) is 11.5. The molecular formula is C29H39NO7. The number of carbonyl (C=O) groups is 3. The first-order valence-electron chi connectivity index (χ1n) is 12.7. The Balaban J connectivity index is 1.83. The number of ether oxygens (including phenoxy) is 4. The maximum atomic E-state index is 13.2. The maximum absolute atomic E-state index is 13.2. The Morgan fingerprint density at radius 1 is 0.919 bits per heavy atom. The number of carbonyl (C=O) groups excluding carboxylic acids is 3. The molecule has 2 aromatic rings. The first-order chi connectivity index (χ1) is 17.2. The summed E-state index contributed by atoms with van der Waals surface area (Å²) >= 11 is 0. The number of imide groups is 1. The summed E-state index contributed by atoms with van der Waals surface area (Å²) < 4.78 is 22.5. The average Bonchev–Trinajstić information content (AvgIpc) is 2.81. The van der Waals surface area contributed by atoms with Crippen LogP contribution in [0.5, 0.6) is 0 Å². The standard InChI is InChI=1S/C29H39NO7/c1-19-15-20(16-22-13-10-12-21-11-8-9-14-23(21)22)17-34-18-24(25(31)35-19)30(26(32)36-28(2,3)4)27(33)37-29(5,6)7/h8-14,19-20,24H,15-18H2,1-7H3/t19?,20?,24-/m0/s1. The zero-order valence-electron chi connectivity index (χ0n) is 22.9. The van der Waals surface area contributed by atoms with E-state index in [4.69, 9.17) is 18.9 Å². The molecule has 0 bridgehead atoms. The van der Waals surface area contributed by atoms with Gasteiger partial charge < -0.3 is 18.9 Å².